The maximum Gasteiger partial charge on any atom is 0.160 e. The summed E-state index contributed by atoms with van der Waals surface area (Å²) in [4.78, 5) is 21.5. The molecule has 0 unspecified atom stereocenters. The van der Waals surface area contributed by atoms with E-state index >= 15 is 0 Å². The van der Waals surface area contributed by atoms with Crippen LogP contribution in [-0.2, 0) is 10.8 Å². The Hall–Kier alpha value is -8.68. The van der Waals surface area contributed by atoms with Crippen molar-refractivity contribution in [3.05, 3.63) is 209 Å². The molecule has 13 aromatic rings. The lowest BCUT2D eigenvalue weighted by molar-refractivity contribution is 0.590. The van der Waals surface area contributed by atoms with Gasteiger partial charge in [0.25, 0.3) is 0 Å². The Kier molecular flexibility index (Phi) is 10.9. The van der Waals surface area contributed by atoms with Crippen molar-refractivity contribution in [3.8, 4) is 51.0 Å². The molecule has 13 rings (SSSR count). The SMILES string of the molecule is Cc1cc(C)c(-c2cc(-c3cc(-n4c5ccccc5c5ncccc54)c(-n4c5ccc(C(C)(C)C)cc5c5cc(C(C)(C)C)ccc54)c(-n4c5ccccc5c5ncccc54)c3)nc(-c3c(C)cc(C)cc3C)n2)c(C)c1. The van der Waals surface area contributed by atoms with Gasteiger partial charge in [-0.25, -0.2) is 9.97 Å². The first-order valence-corrected chi connectivity index (χ1v) is 27.0. The average Bonchev–Trinajstić information content (AvgIpc) is 4.26. The fourth-order valence-electron chi connectivity index (χ4n) is 12.6. The van der Waals surface area contributed by atoms with Gasteiger partial charge in [-0.05, 0) is 165 Å². The first-order valence-electron chi connectivity index (χ1n) is 27.0. The topological polar surface area (TPSA) is 66.3 Å². The Morgan fingerprint density at radius 3 is 1.25 bits per heavy atom. The van der Waals surface area contributed by atoms with Crippen LogP contribution in [0.5, 0.6) is 0 Å². The van der Waals surface area contributed by atoms with Gasteiger partial charge in [0.2, 0.25) is 0 Å². The van der Waals surface area contributed by atoms with E-state index in [1.165, 1.54) is 44.2 Å². The summed E-state index contributed by atoms with van der Waals surface area (Å²) in [5, 5.41) is 4.59. The van der Waals surface area contributed by atoms with E-state index in [0.29, 0.717) is 5.82 Å². The van der Waals surface area contributed by atoms with Crippen LogP contribution in [0.15, 0.2) is 164 Å². The van der Waals surface area contributed by atoms with Crippen LogP contribution in [0.4, 0.5) is 0 Å². The number of hydrogen-bond donors (Lipinski definition) is 0. The summed E-state index contributed by atoms with van der Waals surface area (Å²) in [5.41, 5.74) is 25.6. The maximum absolute atomic E-state index is 5.72. The molecule has 7 aromatic carbocycles. The third-order valence-corrected chi connectivity index (χ3v) is 16.0. The van der Waals surface area contributed by atoms with Crippen molar-refractivity contribution in [2.45, 2.75) is 93.9 Å². The van der Waals surface area contributed by atoms with Crippen LogP contribution >= 0.6 is 0 Å². The third-order valence-electron chi connectivity index (χ3n) is 16.0. The predicted molar refractivity (Wildman–Crippen MR) is 323 cm³/mol. The number of aryl methyl sites for hydroxylation is 6. The number of nitrogens with zero attached hydrogens (tertiary/aromatic N) is 7. The number of fused-ring (bicyclic) bond motifs is 9. The zero-order chi connectivity index (χ0) is 53.4. The highest BCUT2D eigenvalue weighted by atomic mass is 15.1. The summed E-state index contributed by atoms with van der Waals surface area (Å²) in [6.07, 6.45) is 3.82. The van der Waals surface area contributed by atoms with Crippen LogP contribution < -0.4 is 0 Å². The molecular formula is C70H63N7. The van der Waals surface area contributed by atoms with E-state index in [-0.39, 0.29) is 10.8 Å². The van der Waals surface area contributed by atoms with Crippen LogP contribution in [0.2, 0.25) is 0 Å². The molecule has 0 aliphatic rings. The Morgan fingerprint density at radius 1 is 0.364 bits per heavy atom. The van der Waals surface area contributed by atoms with Crippen LogP contribution in [-0.4, -0.2) is 33.6 Å². The molecule has 0 radical (unpaired) electrons. The Labute approximate surface area is 450 Å². The summed E-state index contributed by atoms with van der Waals surface area (Å²) < 4.78 is 7.44. The molecule has 378 valence electrons. The van der Waals surface area contributed by atoms with Crippen molar-refractivity contribution in [3.63, 3.8) is 0 Å². The number of rotatable bonds is 6. The van der Waals surface area contributed by atoms with E-state index < -0.39 is 0 Å². The monoisotopic (exact) mass is 1000 g/mol. The van der Waals surface area contributed by atoms with Gasteiger partial charge in [0.1, 0.15) is 0 Å². The van der Waals surface area contributed by atoms with Gasteiger partial charge in [-0.1, -0.05) is 125 Å². The predicted octanol–water partition coefficient (Wildman–Crippen LogP) is 18.0. The van der Waals surface area contributed by atoms with E-state index in [4.69, 9.17) is 19.9 Å². The number of hydrogen-bond acceptors (Lipinski definition) is 4. The van der Waals surface area contributed by atoms with Gasteiger partial charge in [-0.15, -0.1) is 0 Å². The van der Waals surface area contributed by atoms with Gasteiger partial charge in [0.15, 0.2) is 5.82 Å². The summed E-state index contributed by atoms with van der Waals surface area (Å²) >= 11 is 0. The molecular weight excluding hydrogens is 939 g/mol. The minimum Gasteiger partial charge on any atom is -0.305 e. The molecule has 7 nitrogen and oxygen atoms in total. The van der Waals surface area contributed by atoms with Crippen molar-refractivity contribution in [2.75, 3.05) is 0 Å². The second-order valence-corrected chi connectivity index (χ2v) is 23.6. The second-order valence-electron chi connectivity index (χ2n) is 23.6. The summed E-state index contributed by atoms with van der Waals surface area (Å²) in [6.45, 7) is 27.0. The van der Waals surface area contributed by atoms with Crippen LogP contribution in [0.3, 0.4) is 0 Å². The second kappa shape index (κ2) is 17.4. The molecule has 0 saturated carbocycles. The van der Waals surface area contributed by atoms with Crippen molar-refractivity contribution >= 4 is 65.7 Å². The Morgan fingerprint density at radius 2 is 0.779 bits per heavy atom. The van der Waals surface area contributed by atoms with E-state index in [0.717, 1.165) is 111 Å². The summed E-state index contributed by atoms with van der Waals surface area (Å²) in [7, 11) is 0. The first-order chi connectivity index (χ1) is 36.9. The number of para-hydroxylation sites is 2. The fourth-order valence-corrected chi connectivity index (χ4v) is 12.6. The molecule has 0 spiro atoms. The highest BCUT2D eigenvalue weighted by Crippen LogP contribution is 2.46. The van der Waals surface area contributed by atoms with Gasteiger partial charge in [-0.2, -0.15) is 0 Å². The van der Waals surface area contributed by atoms with Gasteiger partial charge in [0.05, 0.1) is 72.6 Å². The maximum atomic E-state index is 5.72. The molecule has 7 heteroatoms. The molecule has 0 saturated heterocycles. The smallest absolute Gasteiger partial charge is 0.160 e. The normalized spacial score (nSPS) is 12.4. The minimum absolute atomic E-state index is 0.0747. The molecule has 0 N–H and O–H groups in total. The van der Waals surface area contributed by atoms with Crippen molar-refractivity contribution in [1.82, 2.24) is 33.6 Å². The Bertz CT molecular complexity index is 4170. The molecule has 0 bridgehead atoms. The standard InChI is InChI=1S/C70H63N7/c1-40-31-42(3)63(43(4)32-40)54-39-53(73-68(74-54)64-44(5)33-41(2)34-45(64)6)46-35-61(75-55-21-15-13-19-49(55)65-59(75)23-17-29-71-65)67(62(36-46)76-56-22-16-14-20-50(56)66-60(76)24-18-30-72-66)77-57-27-25-47(69(7,8)9)37-51(57)52-38-48(70(10,11)12)26-28-58(52)77/h13-39H,1-12H3. The number of benzene rings is 7. The molecule has 0 aliphatic heterocycles. The molecule has 6 aromatic heterocycles. The summed E-state index contributed by atoms with van der Waals surface area (Å²) in [5.74, 6) is 0.702. The molecule has 6 heterocycles. The average molecular weight is 1000 g/mol. The minimum atomic E-state index is -0.0747. The molecule has 0 atom stereocenters. The highest BCUT2D eigenvalue weighted by molar-refractivity contribution is 6.13. The van der Waals surface area contributed by atoms with Crippen LogP contribution in [0.1, 0.15) is 86.1 Å². The summed E-state index contributed by atoms with van der Waals surface area (Å²) in [6, 6.07) is 56.2. The third kappa shape index (κ3) is 7.69. The zero-order valence-corrected chi connectivity index (χ0v) is 46.2. The van der Waals surface area contributed by atoms with Crippen LogP contribution in [0, 0.1) is 41.5 Å². The number of pyridine rings is 2. The lowest BCUT2D eigenvalue weighted by Crippen LogP contribution is -2.12. The van der Waals surface area contributed by atoms with Crippen molar-refractivity contribution in [1.29, 1.82) is 0 Å². The van der Waals surface area contributed by atoms with Gasteiger partial charge < -0.3 is 13.7 Å². The number of aromatic nitrogens is 7. The van der Waals surface area contributed by atoms with Crippen LogP contribution in [0.25, 0.3) is 117 Å². The van der Waals surface area contributed by atoms with E-state index in [1.807, 2.05) is 12.4 Å². The van der Waals surface area contributed by atoms with E-state index in [1.54, 1.807) is 0 Å². The fraction of sp³-hybridized carbons (Fsp3) is 0.200. The van der Waals surface area contributed by atoms with Crippen molar-refractivity contribution in [2.24, 2.45) is 0 Å². The first kappa shape index (κ1) is 48.0. The lowest BCUT2D eigenvalue weighted by atomic mass is 9.85. The Balaban J connectivity index is 1.27. The van der Waals surface area contributed by atoms with E-state index in [2.05, 4.69) is 248 Å². The molecule has 0 amide bonds. The zero-order valence-electron chi connectivity index (χ0n) is 46.2. The van der Waals surface area contributed by atoms with Gasteiger partial charge in [0, 0.05) is 50.6 Å². The molecule has 0 fully saturated rings. The highest BCUT2D eigenvalue weighted by Gasteiger charge is 2.29. The van der Waals surface area contributed by atoms with Crippen molar-refractivity contribution < 1.29 is 0 Å². The quantitative estimate of drug-likeness (QED) is 0.166. The van der Waals surface area contributed by atoms with Gasteiger partial charge >= 0.3 is 0 Å². The van der Waals surface area contributed by atoms with E-state index in [9.17, 15) is 0 Å². The molecule has 77 heavy (non-hydrogen) atoms. The van der Waals surface area contributed by atoms with Gasteiger partial charge in [-0.3, -0.25) is 9.97 Å². The lowest BCUT2D eigenvalue weighted by Gasteiger charge is -2.24. The molecule has 0 aliphatic carbocycles. The largest absolute Gasteiger partial charge is 0.305 e.